The van der Waals surface area contributed by atoms with Crippen molar-refractivity contribution in [3.05, 3.63) is 70.1 Å². The van der Waals surface area contributed by atoms with E-state index >= 15 is 0 Å². The first-order chi connectivity index (χ1) is 13.6. The third-order valence-corrected chi connectivity index (χ3v) is 5.85. The predicted octanol–water partition coefficient (Wildman–Crippen LogP) is 4.28. The van der Waals surface area contributed by atoms with E-state index in [1.54, 1.807) is 0 Å². The van der Waals surface area contributed by atoms with Crippen LogP contribution in [0.15, 0.2) is 53.5 Å². The van der Waals surface area contributed by atoms with E-state index < -0.39 is 0 Å². The van der Waals surface area contributed by atoms with Crippen molar-refractivity contribution in [3.63, 3.8) is 0 Å². The van der Waals surface area contributed by atoms with Crippen molar-refractivity contribution >= 4 is 16.7 Å². The van der Waals surface area contributed by atoms with E-state index in [9.17, 15) is 9.59 Å². The van der Waals surface area contributed by atoms with Gasteiger partial charge in [-0.3, -0.25) is 9.59 Å². The van der Waals surface area contributed by atoms with E-state index in [0.29, 0.717) is 17.5 Å². The molecule has 1 amide bonds. The highest BCUT2D eigenvalue weighted by molar-refractivity contribution is 5.96. The fraction of sp³-hybridized carbons (Fsp3) is 0.333. The van der Waals surface area contributed by atoms with Gasteiger partial charge in [-0.2, -0.15) is 0 Å². The van der Waals surface area contributed by atoms with Gasteiger partial charge in [-0.25, -0.2) is 0 Å². The summed E-state index contributed by atoms with van der Waals surface area (Å²) in [7, 11) is 0. The van der Waals surface area contributed by atoms with Gasteiger partial charge in [0.2, 0.25) is 0 Å². The Morgan fingerprint density at radius 1 is 1.07 bits per heavy atom. The molecule has 0 bridgehead atoms. The van der Waals surface area contributed by atoms with Crippen LogP contribution in [0.3, 0.4) is 0 Å². The van der Waals surface area contributed by atoms with Crippen LogP contribution in [-0.2, 0) is 6.54 Å². The third kappa shape index (κ3) is 3.35. The van der Waals surface area contributed by atoms with E-state index in [1.807, 2.05) is 47.2 Å². The summed E-state index contributed by atoms with van der Waals surface area (Å²) >= 11 is 0. The Kier molecular flexibility index (Phi) is 4.08. The zero-order valence-corrected chi connectivity index (χ0v) is 16.1. The number of amides is 1. The Labute approximate surface area is 164 Å². The fourth-order valence-corrected chi connectivity index (χ4v) is 3.75. The molecule has 28 heavy (non-hydrogen) atoms. The van der Waals surface area contributed by atoms with E-state index in [4.69, 9.17) is 0 Å². The van der Waals surface area contributed by atoms with Gasteiger partial charge in [-0.05, 0) is 90.9 Å². The fourth-order valence-electron chi connectivity index (χ4n) is 3.75. The second-order valence-corrected chi connectivity index (χ2v) is 8.30. The van der Waals surface area contributed by atoms with Gasteiger partial charge in [-0.1, -0.05) is 12.1 Å². The highest BCUT2D eigenvalue weighted by Crippen LogP contribution is 2.31. The van der Waals surface area contributed by atoms with Gasteiger partial charge >= 0.3 is 0 Å². The molecule has 0 saturated heterocycles. The number of aryl methyl sites for hydroxylation is 1. The van der Waals surface area contributed by atoms with E-state index in [1.165, 1.54) is 12.8 Å². The number of aromatic nitrogens is 1. The molecule has 2 aliphatic carbocycles. The van der Waals surface area contributed by atoms with Crippen molar-refractivity contribution in [1.82, 2.24) is 9.88 Å². The van der Waals surface area contributed by atoms with Crippen LogP contribution in [0.4, 0.5) is 0 Å². The lowest BCUT2D eigenvalue weighted by Gasteiger charge is -2.11. The molecule has 142 valence electrons. The minimum Gasteiger partial charge on any atom is -0.349 e. The number of rotatable bonds is 5. The van der Waals surface area contributed by atoms with Crippen LogP contribution < -0.4 is 10.9 Å². The summed E-state index contributed by atoms with van der Waals surface area (Å²) in [6.45, 7) is 2.88. The molecule has 2 fully saturated rings. The van der Waals surface area contributed by atoms with Gasteiger partial charge in [0.1, 0.15) is 0 Å². The molecular formula is C24H24N2O2. The van der Waals surface area contributed by atoms with Gasteiger partial charge in [-0.15, -0.1) is 0 Å². The third-order valence-electron chi connectivity index (χ3n) is 5.85. The molecule has 0 unspecified atom stereocenters. The second kappa shape index (κ2) is 6.62. The maximum atomic E-state index is 12.8. The van der Waals surface area contributed by atoms with Crippen LogP contribution in [0, 0.1) is 12.8 Å². The maximum absolute atomic E-state index is 12.8. The summed E-state index contributed by atoms with van der Waals surface area (Å²) in [5.41, 5.74) is 3.96. The van der Waals surface area contributed by atoms with E-state index in [2.05, 4.69) is 18.3 Å². The van der Waals surface area contributed by atoms with Crippen LogP contribution in [-0.4, -0.2) is 16.5 Å². The zero-order chi connectivity index (χ0) is 19.3. The summed E-state index contributed by atoms with van der Waals surface area (Å²) < 4.78 is 1.84. The van der Waals surface area contributed by atoms with Crippen LogP contribution in [0.2, 0.25) is 0 Å². The first-order valence-corrected chi connectivity index (χ1v) is 10.1. The van der Waals surface area contributed by atoms with Gasteiger partial charge in [0.05, 0.1) is 0 Å². The molecule has 0 spiro atoms. The maximum Gasteiger partial charge on any atom is 0.258 e. The van der Waals surface area contributed by atoms with E-state index in [-0.39, 0.29) is 11.5 Å². The van der Waals surface area contributed by atoms with Gasteiger partial charge in [0.15, 0.2) is 0 Å². The number of pyridine rings is 1. The molecule has 0 atom stereocenters. The molecule has 4 heteroatoms. The summed E-state index contributed by atoms with van der Waals surface area (Å²) in [5.74, 6) is 0.661. The predicted molar refractivity (Wildman–Crippen MR) is 112 cm³/mol. The summed E-state index contributed by atoms with van der Waals surface area (Å²) in [5, 5.41) is 4.75. The lowest BCUT2D eigenvalue weighted by molar-refractivity contribution is 0.0951. The average molecular weight is 372 g/mol. The number of carbonyl (C=O) groups is 1. The quantitative estimate of drug-likeness (QED) is 0.727. The Morgan fingerprint density at radius 2 is 1.89 bits per heavy atom. The average Bonchev–Trinajstić information content (AvgIpc) is 3.61. The van der Waals surface area contributed by atoms with E-state index in [0.717, 1.165) is 46.8 Å². The highest BCUT2D eigenvalue weighted by Gasteiger charge is 2.24. The summed E-state index contributed by atoms with van der Waals surface area (Å²) in [6, 6.07) is 14.2. The molecule has 2 aromatic carbocycles. The molecule has 2 saturated carbocycles. The number of hydrogen-bond donors (Lipinski definition) is 1. The molecule has 0 aliphatic heterocycles. The van der Waals surface area contributed by atoms with Crippen molar-refractivity contribution in [2.75, 3.05) is 0 Å². The molecule has 4 nitrogen and oxygen atoms in total. The van der Waals surface area contributed by atoms with Crippen LogP contribution in [0.25, 0.3) is 21.9 Å². The number of fused-ring (bicyclic) bond motifs is 1. The summed E-state index contributed by atoms with van der Waals surface area (Å²) in [4.78, 5) is 25.2. The van der Waals surface area contributed by atoms with Gasteiger partial charge in [0.25, 0.3) is 11.5 Å². The van der Waals surface area contributed by atoms with Gasteiger partial charge < -0.3 is 9.88 Å². The molecule has 0 radical (unpaired) electrons. The Bertz CT molecular complexity index is 1140. The zero-order valence-electron chi connectivity index (χ0n) is 16.1. The summed E-state index contributed by atoms with van der Waals surface area (Å²) in [6.07, 6.45) is 6.53. The molecule has 2 aliphatic rings. The lowest BCUT2D eigenvalue weighted by atomic mass is 9.96. The minimum atomic E-state index is -0.00694. The van der Waals surface area contributed by atoms with Crippen molar-refractivity contribution in [1.29, 1.82) is 0 Å². The molecule has 1 aromatic heterocycles. The number of nitrogens with one attached hydrogen (secondary N) is 1. The number of benzene rings is 2. The molecular weight excluding hydrogens is 348 g/mol. The van der Waals surface area contributed by atoms with Gasteiger partial charge in [0, 0.05) is 29.7 Å². The minimum absolute atomic E-state index is 0.00694. The number of carbonyl (C=O) groups excluding carboxylic acids is 1. The Morgan fingerprint density at radius 3 is 2.64 bits per heavy atom. The normalized spacial score (nSPS) is 16.3. The standard InChI is InChI=1S/C24H24N2O2/c1-15-2-5-19(23(27)25-20-7-8-20)13-22(15)17-6-9-21-18(12-17)10-11-26(24(21)28)14-16-3-4-16/h2,5-6,9-13,16,20H,3-4,7-8,14H2,1H3,(H,25,27). The second-order valence-electron chi connectivity index (χ2n) is 8.30. The number of nitrogens with zero attached hydrogens (tertiary/aromatic N) is 1. The van der Waals surface area contributed by atoms with Crippen LogP contribution in [0.5, 0.6) is 0 Å². The SMILES string of the molecule is Cc1ccc(C(=O)NC2CC2)cc1-c1ccc2c(=O)n(CC3CC3)ccc2c1. The molecule has 5 rings (SSSR count). The topological polar surface area (TPSA) is 51.1 Å². The molecule has 1 heterocycles. The monoisotopic (exact) mass is 372 g/mol. The van der Waals surface area contributed by atoms with Crippen LogP contribution in [0.1, 0.15) is 41.6 Å². The lowest BCUT2D eigenvalue weighted by Crippen LogP contribution is -2.25. The highest BCUT2D eigenvalue weighted by atomic mass is 16.1. The van der Waals surface area contributed by atoms with Crippen molar-refractivity contribution in [2.24, 2.45) is 5.92 Å². The smallest absolute Gasteiger partial charge is 0.258 e. The molecule has 1 N–H and O–H groups in total. The first-order valence-electron chi connectivity index (χ1n) is 10.1. The number of hydrogen-bond acceptors (Lipinski definition) is 2. The Balaban J connectivity index is 1.51. The first kappa shape index (κ1) is 17.2. The Hall–Kier alpha value is -2.88. The van der Waals surface area contributed by atoms with Crippen molar-refractivity contribution in [3.8, 4) is 11.1 Å². The van der Waals surface area contributed by atoms with Crippen molar-refractivity contribution in [2.45, 2.75) is 45.2 Å². The van der Waals surface area contributed by atoms with Crippen molar-refractivity contribution < 1.29 is 4.79 Å². The van der Waals surface area contributed by atoms with Crippen LogP contribution >= 0.6 is 0 Å². The molecule has 3 aromatic rings. The largest absolute Gasteiger partial charge is 0.349 e.